The Bertz CT molecular complexity index is 973. The molecule has 0 radical (unpaired) electrons. The van der Waals surface area contributed by atoms with E-state index in [1.54, 1.807) is 24.3 Å². The number of Topliss-reactive ketones (excluding diaryl/α,β-unsaturated/α-hetero) is 1. The van der Waals surface area contributed by atoms with Crippen LogP contribution in [0.25, 0.3) is 21.5 Å². The van der Waals surface area contributed by atoms with Gasteiger partial charge in [0.1, 0.15) is 0 Å². The molecular weight excluding hydrogens is 317 g/mol. The number of carbonyl (C=O) groups is 1. The highest BCUT2D eigenvalue weighted by atomic mass is 19.4. The van der Waals surface area contributed by atoms with Crippen LogP contribution in [0.15, 0.2) is 48.2 Å². The molecule has 116 valence electrons. The number of nitrogens with zero attached hydrogens (tertiary/aromatic N) is 2. The third-order valence-electron chi connectivity index (χ3n) is 3.76. The van der Waals surface area contributed by atoms with Crippen molar-refractivity contribution in [2.24, 2.45) is 0 Å². The number of rotatable bonds is 0. The predicted molar refractivity (Wildman–Crippen MR) is 80.3 cm³/mol. The van der Waals surface area contributed by atoms with Crippen molar-refractivity contribution < 1.29 is 18.0 Å². The second kappa shape index (κ2) is 5.36. The first kappa shape index (κ1) is 15.5. The van der Waals surface area contributed by atoms with Gasteiger partial charge in [0, 0.05) is 11.1 Å². The van der Waals surface area contributed by atoms with Crippen molar-refractivity contribution >= 4 is 11.4 Å². The lowest BCUT2D eigenvalue weighted by Gasteiger charge is -2.23. The van der Waals surface area contributed by atoms with Crippen LogP contribution in [0.1, 0.15) is 21.5 Å². The van der Waals surface area contributed by atoms with E-state index in [4.69, 9.17) is 11.8 Å². The standard InChI is InChI=1S/C18H7F3N2O/c1-23-15(9-22)16-14-8-10(18(19,20)21)6-7-12(14)11-4-2-3-5-13(11)17(16)24/h2-8H/b16-15-. The topological polar surface area (TPSA) is 45.2 Å². The third kappa shape index (κ3) is 2.26. The minimum Gasteiger partial charge on any atom is -0.290 e. The molecule has 0 bridgehead atoms. The maximum atomic E-state index is 13.0. The van der Waals surface area contributed by atoms with Gasteiger partial charge in [0.15, 0.2) is 5.78 Å². The number of carbonyl (C=O) groups excluding carboxylic acids is 1. The van der Waals surface area contributed by atoms with Crippen LogP contribution in [0, 0.1) is 17.9 Å². The van der Waals surface area contributed by atoms with E-state index in [-0.39, 0.29) is 16.7 Å². The molecule has 0 N–H and O–H groups in total. The Morgan fingerprint density at radius 2 is 1.67 bits per heavy atom. The van der Waals surface area contributed by atoms with Crippen LogP contribution >= 0.6 is 0 Å². The summed E-state index contributed by atoms with van der Waals surface area (Å²) in [6, 6.07) is 11.1. The molecular formula is C18H7F3N2O. The molecule has 6 heteroatoms. The van der Waals surface area contributed by atoms with Gasteiger partial charge in [-0.1, -0.05) is 30.3 Å². The van der Waals surface area contributed by atoms with Gasteiger partial charge in [-0.05, 0) is 28.8 Å². The van der Waals surface area contributed by atoms with Crippen LogP contribution in [0.2, 0.25) is 0 Å². The van der Waals surface area contributed by atoms with Crippen molar-refractivity contribution in [1.29, 1.82) is 5.26 Å². The zero-order chi connectivity index (χ0) is 17.5. The molecule has 0 aliphatic heterocycles. The van der Waals surface area contributed by atoms with Gasteiger partial charge in [-0.3, -0.25) is 4.79 Å². The summed E-state index contributed by atoms with van der Waals surface area (Å²) < 4.78 is 39.0. The molecule has 0 heterocycles. The number of allylic oxidation sites excluding steroid dienone is 2. The molecule has 3 nitrogen and oxygen atoms in total. The average Bonchev–Trinajstić information content (AvgIpc) is 2.57. The average molecular weight is 324 g/mol. The van der Waals surface area contributed by atoms with Crippen molar-refractivity contribution in [2.75, 3.05) is 0 Å². The number of ketones is 1. The molecule has 0 spiro atoms. The van der Waals surface area contributed by atoms with E-state index in [1.165, 1.54) is 12.1 Å². The molecule has 0 unspecified atom stereocenters. The zero-order valence-electron chi connectivity index (χ0n) is 12.0. The van der Waals surface area contributed by atoms with Crippen LogP contribution in [0.4, 0.5) is 13.2 Å². The summed E-state index contributed by atoms with van der Waals surface area (Å²) in [5, 5.41) is 9.10. The predicted octanol–water partition coefficient (Wildman–Crippen LogP) is 4.72. The number of benzene rings is 2. The normalized spacial score (nSPS) is 15.0. The summed E-state index contributed by atoms with van der Waals surface area (Å²) >= 11 is 0. The number of alkyl halides is 3. The highest BCUT2D eigenvalue weighted by Gasteiger charge is 2.35. The molecule has 0 saturated carbocycles. The van der Waals surface area contributed by atoms with Crippen molar-refractivity contribution in [1.82, 2.24) is 0 Å². The van der Waals surface area contributed by atoms with E-state index >= 15 is 0 Å². The number of nitriles is 1. The first-order valence-electron chi connectivity index (χ1n) is 6.76. The number of hydrogen-bond donors (Lipinski definition) is 0. The van der Waals surface area contributed by atoms with Crippen LogP contribution in [0.3, 0.4) is 0 Å². The van der Waals surface area contributed by atoms with E-state index < -0.39 is 23.2 Å². The summed E-state index contributed by atoms with van der Waals surface area (Å²) in [6.07, 6.45) is -4.59. The SMILES string of the molecule is [C-]#[N+]/C(C#N)=C1\C(=O)c2ccccc2-c2ccc(C(F)(F)F)cc21. The summed E-state index contributed by atoms with van der Waals surface area (Å²) in [6.45, 7) is 7.06. The minimum atomic E-state index is -4.59. The van der Waals surface area contributed by atoms with Crippen molar-refractivity contribution in [3.63, 3.8) is 0 Å². The molecule has 2 aromatic rings. The highest BCUT2D eigenvalue weighted by Crippen LogP contribution is 2.43. The van der Waals surface area contributed by atoms with Gasteiger partial charge >= 0.3 is 6.18 Å². The molecule has 0 amide bonds. The van der Waals surface area contributed by atoms with Gasteiger partial charge in [0.2, 0.25) is 0 Å². The van der Waals surface area contributed by atoms with E-state index in [2.05, 4.69) is 4.85 Å². The molecule has 1 aliphatic rings. The molecule has 24 heavy (non-hydrogen) atoms. The van der Waals surface area contributed by atoms with Gasteiger partial charge in [-0.2, -0.15) is 13.2 Å². The lowest BCUT2D eigenvalue weighted by Crippen LogP contribution is -2.15. The quantitative estimate of drug-likeness (QED) is 0.400. The summed E-state index contributed by atoms with van der Waals surface area (Å²) in [5.41, 5.74) is -0.644. The number of fused-ring (bicyclic) bond motifs is 3. The van der Waals surface area contributed by atoms with Crippen molar-refractivity contribution in [3.8, 4) is 17.2 Å². The largest absolute Gasteiger partial charge is 0.416 e. The van der Waals surface area contributed by atoms with Gasteiger partial charge in [0.05, 0.1) is 18.2 Å². The first-order valence-corrected chi connectivity index (χ1v) is 6.76. The Morgan fingerprint density at radius 3 is 2.25 bits per heavy atom. The third-order valence-corrected chi connectivity index (χ3v) is 3.76. The monoisotopic (exact) mass is 324 g/mol. The zero-order valence-corrected chi connectivity index (χ0v) is 12.0. The molecule has 0 atom stereocenters. The van der Waals surface area contributed by atoms with Gasteiger partial charge in [-0.25, -0.2) is 10.1 Å². The fourth-order valence-electron chi connectivity index (χ4n) is 2.71. The van der Waals surface area contributed by atoms with Gasteiger partial charge in [-0.15, -0.1) is 0 Å². The molecule has 1 aliphatic carbocycles. The molecule has 0 saturated heterocycles. The van der Waals surface area contributed by atoms with Crippen LogP contribution in [0.5, 0.6) is 0 Å². The Labute approximate surface area is 135 Å². The number of hydrogen-bond acceptors (Lipinski definition) is 2. The maximum Gasteiger partial charge on any atom is 0.416 e. The lowest BCUT2D eigenvalue weighted by atomic mass is 9.80. The molecule has 0 aromatic heterocycles. The summed E-state index contributed by atoms with van der Waals surface area (Å²) in [7, 11) is 0. The summed E-state index contributed by atoms with van der Waals surface area (Å²) in [5.74, 6) is -0.620. The van der Waals surface area contributed by atoms with E-state index in [0.29, 0.717) is 11.1 Å². The maximum absolute atomic E-state index is 13.0. The van der Waals surface area contributed by atoms with E-state index in [0.717, 1.165) is 12.1 Å². The second-order valence-corrected chi connectivity index (χ2v) is 5.08. The van der Waals surface area contributed by atoms with E-state index in [1.807, 2.05) is 0 Å². The molecule has 3 rings (SSSR count). The minimum absolute atomic E-state index is 0.0407. The smallest absolute Gasteiger partial charge is 0.290 e. The van der Waals surface area contributed by atoms with Crippen molar-refractivity contribution in [3.05, 3.63) is 76.3 Å². The molecule has 2 aromatic carbocycles. The van der Waals surface area contributed by atoms with Crippen LogP contribution in [-0.4, -0.2) is 5.78 Å². The Balaban J connectivity index is 2.44. The highest BCUT2D eigenvalue weighted by molar-refractivity contribution is 6.35. The lowest BCUT2D eigenvalue weighted by molar-refractivity contribution is -0.137. The van der Waals surface area contributed by atoms with Gasteiger partial charge in [0.25, 0.3) is 5.70 Å². The fourth-order valence-corrected chi connectivity index (χ4v) is 2.71. The second-order valence-electron chi connectivity index (χ2n) is 5.08. The molecule has 0 fully saturated rings. The Hall–Kier alpha value is -3.38. The number of halogens is 3. The van der Waals surface area contributed by atoms with Crippen LogP contribution < -0.4 is 0 Å². The van der Waals surface area contributed by atoms with Crippen LogP contribution in [-0.2, 0) is 6.18 Å². The van der Waals surface area contributed by atoms with E-state index in [9.17, 15) is 18.0 Å². The summed E-state index contributed by atoms with van der Waals surface area (Å²) in [4.78, 5) is 15.7. The first-order chi connectivity index (χ1) is 11.4. The Morgan fingerprint density at radius 1 is 1.04 bits per heavy atom. The van der Waals surface area contributed by atoms with Gasteiger partial charge < -0.3 is 0 Å². The van der Waals surface area contributed by atoms with Crippen molar-refractivity contribution in [2.45, 2.75) is 6.18 Å². The Kier molecular flexibility index (Phi) is 3.47. The fraction of sp³-hybridized carbons (Fsp3) is 0.0556.